The molecule has 2 heterocycles. The van der Waals surface area contributed by atoms with Gasteiger partial charge in [-0.3, -0.25) is 20.2 Å². The number of fused-ring (bicyclic) bond motifs is 2. The van der Waals surface area contributed by atoms with Crippen LogP contribution >= 0.6 is 0 Å². The van der Waals surface area contributed by atoms with Gasteiger partial charge in [0, 0.05) is 17.5 Å². The van der Waals surface area contributed by atoms with E-state index in [2.05, 4.69) is 25.5 Å². The largest absolute Gasteiger partial charge is 0.490 e. The fraction of sp³-hybridized carbons (Fsp3) is 0.400. The van der Waals surface area contributed by atoms with Crippen molar-refractivity contribution in [2.24, 2.45) is 23.7 Å². The predicted octanol–water partition coefficient (Wildman–Crippen LogP) is 3.17. The summed E-state index contributed by atoms with van der Waals surface area (Å²) in [6.45, 7) is 1.96. The van der Waals surface area contributed by atoms with Crippen molar-refractivity contribution in [3.05, 3.63) is 42.6 Å². The molecule has 1 unspecified atom stereocenters. The molecule has 7 nitrogen and oxygen atoms in total. The second-order valence-electron chi connectivity index (χ2n) is 7.69. The highest BCUT2D eigenvalue weighted by Crippen LogP contribution is 2.61. The third-order valence-electron chi connectivity index (χ3n) is 6.07. The molecule has 0 radical (unpaired) electrons. The summed E-state index contributed by atoms with van der Waals surface area (Å²) in [6.07, 6.45) is 5.02. The number of nitrogens with one attached hydrogen (secondary N) is 2. The smallest absolute Gasteiger partial charge is 0.248 e. The molecular weight excluding hydrogens is 361 g/mol. The van der Waals surface area contributed by atoms with Crippen LogP contribution in [0, 0.1) is 29.5 Å². The van der Waals surface area contributed by atoms with Crippen LogP contribution in [-0.4, -0.2) is 32.2 Å². The van der Waals surface area contributed by atoms with Crippen LogP contribution in [0.2, 0.25) is 0 Å². The number of anilines is 1. The van der Waals surface area contributed by atoms with Crippen LogP contribution in [0.1, 0.15) is 19.8 Å². The SMILES string of the molecule is CC(C(=O)Nc1nc[nH]n1)[C@@H]1[C@@H]2C[C@@H](Oc3ccnc4ccc(F)cc34)C[C@@H]21. The molecule has 2 fully saturated rings. The number of benzene rings is 1. The number of ether oxygens (including phenoxy) is 1. The number of nitrogens with zero attached hydrogens (tertiary/aromatic N) is 3. The Bertz CT molecular complexity index is 1010. The van der Waals surface area contributed by atoms with Crippen molar-refractivity contribution in [1.82, 2.24) is 20.2 Å². The monoisotopic (exact) mass is 381 g/mol. The number of H-pyrrole nitrogens is 1. The van der Waals surface area contributed by atoms with Gasteiger partial charge in [-0.15, -0.1) is 5.10 Å². The quantitative estimate of drug-likeness (QED) is 0.708. The number of hydrogen-bond donors (Lipinski definition) is 2. The number of aromatic nitrogens is 4. The van der Waals surface area contributed by atoms with Gasteiger partial charge in [-0.05, 0) is 54.9 Å². The van der Waals surface area contributed by atoms with Crippen molar-refractivity contribution in [2.45, 2.75) is 25.9 Å². The van der Waals surface area contributed by atoms with E-state index in [0.717, 1.165) is 18.4 Å². The molecule has 3 aromatic rings. The van der Waals surface area contributed by atoms with E-state index in [1.807, 2.05) is 6.92 Å². The van der Waals surface area contributed by atoms with Crippen molar-refractivity contribution in [1.29, 1.82) is 0 Å². The number of halogens is 1. The van der Waals surface area contributed by atoms with Crippen molar-refractivity contribution < 1.29 is 13.9 Å². The minimum atomic E-state index is -0.300. The summed E-state index contributed by atoms with van der Waals surface area (Å²) in [5.74, 6) is 1.88. The van der Waals surface area contributed by atoms with Gasteiger partial charge >= 0.3 is 0 Å². The molecule has 2 aromatic heterocycles. The summed E-state index contributed by atoms with van der Waals surface area (Å²) < 4.78 is 19.8. The average molecular weight is 381 g/mol. The van der Waals surface area contributed by atoms with Gasteiger partial charge in [-0.2, -0.15) is 0 Å². The third kappa shape index (κ3) is 2.98. The molecule has 2 aliphatic rings. The molecule has 2 N–H and O–H groups in total. The molecule has 144 valence electrons. The van der Waals surface area contributed by atoms with Crippen molar-refractivity contribution in [3.63, 3.8) is 0 Å². The average Bonchev–Trinajstić information content (AvgIpc) is 3.04. The lowest BCUT2D eigenvalue weighted by molar-refractivity contribution is -0.120. The highest BCUT2D eigenvalue weighted by atomic mass is 19.1. The maximum Gasteiger partial charge on any atom is 0.248 e. The first kappa shape index (κ1) is 17.1. The molecular formula is C20H20FN5O2. The van der Waals surface area contributed by atoms with Crippen LogP contribution in [0.5, 0.6) is 5.75 Å². The molecule has 0 aliphatic heterocycles. The van der Waals surface area contributed by atoms with Gasteiger partial charge in [0.25, 0.3) is 0 Å². The van der Waals surface area contributed by atoms with E-state index >= 15 is 0 Å². The number of pyridine rings is 1. The summed E-state index contributed by atoms with van der Waals surface area (Å²) in [7, 11) is 0. The van der Waals surface area contributed by atoms with Crippen LogP contribution < -0.4 is 10.1 Å². The summed E-state index contributed by atoms with van der Waals surface area (Å²) in [5.41, 5.74) is 0.720. The number of rotatable bonds is 5. The van der Waals surface area contributed by atoms with E-state index in [9.17, 15) is 9.18 Å². The number of hydrogen-bond acceptors (Lipinski definition) is 5. The first-order valence-corrected chi connectivity index (χ1v) is 9.47. The summed E-state index contributed by atoms with van der Waals surface area (Å²) in [4.78, 5) is 20.6. The second-order valence-corrected chi connectivity index (χ2v) is 7.69. The Hall–Kier alpha value is -3.03. The summed E-state index contributed by atoms with van der Waals surface area (Å²) in [6, 6.07) is 6.31. The Morgan fingerprint density at radius 1 is 1.29 bits per heavy atom. The van der Waals surface area contributed by atoms with E-state index in [4.69, 9.17) is 4.74 Å². The van der Waals surface area contributed by atoms with Gasteiger partial charge in [0.15, 0.2) is 0 Å². The van der Waals surface area contributed by atoms with E-state index in [1.54, 1.807) is 18.3 Å². The topological polar surface area (TPSA) is 92.8 Å². The first-order chi connectivity index (χ1) is 13.6. The molecule has 28 heavy (non-hydrogen) atoms. The minimum Gasteiger partial charge on any atom is -0.490 e. The minimum absolute atomic E-state index is 0.0490. The lowest BCUT2D eigenvalue weighted by Gasteiger charge is -2.20. The molecule has 2 saturated carbocycles. The maximum absolute atomic E-state index is 13.6. The Labute approximate surface area is 160 Å². The van der Waals surface area contributed by atoms with Crippen LogP contribution in [-0.2, 0) is 4.79 Å². The van der Waals surface area contributed by atoms with Crippen LogP contribution in [0.25, 0.3) is 10.9 Å². The van der Waals surface area contributed by atoms with Crippen molar-refractivity contribution in [3.8, 4) is 5.75 Å². The lowest BCUT2D eigenvalue weighted by atomic mass is 9.97. The molecule has 0 saturated heterocycles. The van der Waals surface area contributed by atoms with Gasteiger partial charge in [0.2, 0.25) is 11.9 Å². The van der Waals surface area contributed by atoms with Gasteiger partial charge in [0.05, 0.1) is 11.6 Å². The summed E-state index contributed by atoms with van der Waals surface area (Å²) in [5, 5.41) is 9.88. The molecule has 1 aromatic carbocycles. The Kier molecular flexibility index (Phi) is 3.99. The van der Waals surface area contributed by atoms with Crippen LogP contribution in [0.15, 0.2) is 36.8 Å². The fourth-order valence-electron chi connectivity index (χ4n) is 4.72. The predicted molar refractivity (Wildman–Crippen MR) is 100.0 cm³/mol. The zero-order valence-electron chi connectivity index (χ0n) is 15.3. The first-order valence-electron chi connectivity index (χ1n) is 9.47. The van der Waals surface area contributed by atoms with E-state index < -0.39 is 0 Å². The third-order valence-corrected chi connectivity index (χ3v) is 6.07. The molecule has 2 aliphatic carbocycles. The Morgan fingerprint density at radius 2 is 2.11 bits per heavy atom. The van der Waals surface area contributed by atoms with Crippen LogP contribution in [0.4, 0.5) is 10.3 Å². The normalized spacial score (nSPS) is 26.6. The maximum atomic E-state index is 13.6. The van der Waals surface area contributed by atoms with Gasteiger partial charge in [0.1, 0.15) is 17.9 Å². The highest BCUT2D eigenvalue weighted by molar-refractivity contribution is 5.91. The molecule has 5 atom stereocenters. The Morgan fingerprint density at radius 3 is 2.86 bits per heavy atom. The van der Waals surface area contributed by atoms with Crippen LogP contribution in [0.3, 0.4) is 0 Å². The summed E-state index contributed by atoms with van der Waals surface area (Å²) >= 11 is 0. The van der Waals surface area contributed by atoms with E-state index in [1.165, 1.54) is 18.5 Å². The standard InChI is InChI=1S/C20H20FN5O2/c1-10(19(27)25-20-23-9-24-26-20)18-13-7-12(8-14(13)18)28-17-4-5-22-16-3-2-11(21)6-15(16)17/h2-6,9-10,12-14,18H,7-8H2,1H3,(H2,23,24,25,26,27)/t10?,12-,13-,14+,18-. The van der Waals surface area contributed by atoms with Gasteiger partial charge in [-0.25, -0.2) is 9.37 Å². The molecule has 0 bridgehead atoms. The van der Waals surface area contributed by atoms with Gasteiger partial charge in [-0.1, -0.05) is 6.92 Å². The highest BCUT2D eigenvalue weighted by Gasteiger charge is 2.59. The molecule has 5 rings (SSSR count). The number of amides is 1. The zero-order chi connectivity index (χ0) is 19.3. The lowest BCUT2D eigenvalue weighted by Crippen LogP contribution is -2.26. The number of carbonyl (C=O) groups is 1. The van der Waals surface area contributed by atoms with Crippen molar-refractivity contribution >= 4 is 22.8 Å². The van der Waals surface area contributed by atoms with Gasteiger partial charge < -0.3 is 4.74 Å². The molecule has 0 spiro atoms. The fourth-order valence-corrected chi connectivity index (χ4v) is 4.72. The second kappa shape index (κ2) is 6.54. The number of aromatic amines is 1. The Balaban J connectivity index is 1.21. The number of carbonyl (C=O) groups excluding carboxylic acids is 1. The molecule has 1 amide bonds. The zero-order valence-corrected chi connectivity index (χ0v) is 15.3. The van der Waals surface area contributed by atoms with Crippen molar-refractivity contribution in [2.75, 3.05) is 5.32 Å². The van der Waals surface area contributed by atoms with E-state index in [-0.39, 0.29) is 23.7 Å². The van der Waals surface area contributed by atoms with E-state index in [0.29, 0.717) is 34.8 Å². The molecule has 8 heteroatoms.